The van der Waals surface area contributed by atoms with Gasteiger partial charge in [0.05, 0.1) is 12.8 Å². The predicted octanol–water partition coefficient (Wildman–Crippen LogP) is 0.729. The van der Waals surface area contributed by atoms with E-state index < -0.39 is 0 Å². The van der Waals surface area contributed by atoms with Crippen LogP contribution in [0.1, 0.15) is 16.1 Å². The van der Waals surface area contributed by atoms with Crippen molar-refractivity contribution in [2.75, 3.05) is 6.54 Å². The third-order valence-corrected chi connectivity index (χ3v) is 1.30. The van der Waals surface area contributed by atoms with E-state index in [1.807, 2.05) is 6.92 Å². The van der Waals surface area contributed by atoms with Crippen molar-refractivity contribution in [2.24, 2.45) is 5.73 Å². The van der Waals surface area contributed by atoms with Crippen molar-refractivity contribution in [3.8, 4) is 0 Å². The molecule has 0 aliphatic rings. The summed E-state index contributed by atoms with van der Waals surface area (Å²) in [6.45, 7) is 1.82. The number of Topliss-reactive ketones (excluding diaryl/α,β-unsaturated/α-hetero) is 1. The maximum absolute atomic E-state index is 10.9. The van der Waals surface area contributed by atoms with Gasteiger partial charge in [-0.1, -0.05) is 0 Å². The summed E-state index contributed by atoms with van der Waals surface area (Å²) >= 11 is 0. The maximum atomic E-state index is 10.9. The minimum atomic E-state index is -0.150. The van der Waals surface area contributed by atoms with E-state index in [-0.39, 0.29) is 12.3 Å². The van der Waals surface area contributed by atoms with Crippen molar-refractivity contribution in [3.63, 3.8) is 0 Å². The van der Waals surface area contributed by atoms with Crippen molar-refractivity contribution < 1.29 is 9.21 Å². The third kappa shape index (κ3) is 1.09. The second-order valence-electron chi connectivity index (χ2n) is 2.06. The Morgan fingerprint density at radius 3 is 2.90 bits per heavy atom. The summed E-state index contributed by atoms with van der Waals surface area (Å²) in [4.78, 5) is 10.9. The smallest absolute Gasteiger partial charge is 0.211 e. The highest BCUT2D eigenvalue weighted by atomic mass is 16.3. The summed E-state index contributed by atoms with van der Waals surface area (Å²) in [5.41, 5.74) is 5.97. The van der Waals surface area contributed by atoms with Crippen LogP contribution in [0.4, 0.5) is 0 Å². The van der Waals surface area contributed by atoms with E-state index in [1.54, 1.807) is 6.07 Å². The number of carbonyl (C=O) groups excluding carboxylic acids is 1. The fraction of sp³-hybridized carbons (Fsp3) is 0.286. The summed E-state index contributed by atoms with van der Waals surface area (Å²) in [5.74, 6) is 0.227. The molecular formula is C7H9NO2. The molecule has 1 aromatic rings. The number of nitrogens with two attached hydrogens (primary N) is 1. The molecule has 3 heteroatoms. The summed E-state index contributed by atoms with van der Waals surface area (Å²) in [5, 5.41) is 0. The molecule has 1 heterocycles. The van der Waals surface area contributed by atoms with Crippen LogP contribution in [0.15, 0.2) is 16.7 Å². The molecular weight excluding hydrogens is 130 g/mol. The zero-order valence-electron chi connectivity index (χ0n) is 5.76. The van der Waals surface area contributed by atoms with Crippen LogP contribution < -0.4 is 5.73 Å². The van der Waals surface area contributed by atoms with Crippen molar-refractivity contribution in [2.45, 2.75) is 6.92 Å². The third-order valence-electron chi connectivity index (χ3n) is 1.30. The maximum Gasteiger partial charge on any atom is 0.211 e. The minimum absolute atomic E-state index is 0.00829. The predicted molar refractivity (Wildman–Crippen MR) is 36.8 cm³/mol. The fourth-order valence-corrected chi connectivity index (χ4v) is 0.751. The van der Waals surface area contributed by atoms with Crippen LogP contribution in [0.2, 0.25) is 0 Å². The molecule has 1 aromatic heterocycles. The Hall–Kier alpha value is -1.09. The summed E-state index contributed by atoms with van der Waals surface area (Å²) in [6, 6.07) is 1.74. The van der Waals surface area contributed by atoms with Crippen LogP contribution in [0.5, 0.6) is 0 Å². The van der Waals surface area contributed by atoms with Gasteiger partial charge in [0, 0.05) is 0 Å². The van der Waals surface area contributed by atoms with E-state index in [9.17, 15) is 4.79 Å². The lowest BCUT2D eigenvalue weighted by atomic mass is 10.2. The average Bonchev–Trinajstić information content (AvgIpc) is 2.34. The molecule has 0 aliphatic heterocycles. The van der Waals surface area contributed by atoms with Gasteiger partial charge in [0.25, 0.3) is 0 Å². The molecule has 3 nitrogen and oxygen atoms in total. The van der Waals surface area contributed by atoms with Crippen molar-refractivity contribution >= 4 is 5.78 Å². The molecule has 0 amide bonds. The van der Waals surface area contributed by atoms with Gasteiger partial charge in [0.1, 0.15) is 0 Å². The summed E-state index contributed by atoms with van der Waals surface area (Å²) < 4.78 is 4.89. The van der Waals surface area contributed by atoms with E-state index >= 15 is 0 Å². The number of furan rings is 1. The van der Waals surface area contributed by atoms with Gasteiger partial charge in [0.15, 0.2) is 5.76 Å². The van der Waals surface area contributed by atoms with E-state index in [1.165, 1.54) is 6.26 Å². The Morgan fingerprint density at radius 1 is 1.80 bits per heavy atom. The van der Waals surface area contributed by atoms with Gasteiger partial charge in [-0.25, -0.2) is 0 Å². The van der Waals surface area contributed by atoms with Gasteiger partial charge >= 0.3 is 0 Å². The Morgan fingerprint density at radius 2 is 2.50 bits per heavy atom. The highest BCUT2D eigenvalue weighted by molar-refractivity contribution is 5.96. The molecule has 0 fully saturated rings. The van der Waals surface area contributed by atoms with Crippen LogP contribution >= 0.6 is 0 Å². The lowest BCUT2D eigenvalue weighted by Gasteiger charge is -1.91. The van der Waals surface area contributed by atoms with Crippen LogP contribution in [0.3, 0.4) is 0 Å². The van der Waals surface area contributed by atoms with Gasteiger partial charge in [-0.2, -0.15) is 0 Å². The first-order chi connectivity index (χ1) is 4.75. The molecule has 10 heavy (non-hydrogen) atoms. The Labute approximate surface area is 58.8 Å². The molecule has 0 aromatic carbocycles. The van der Waals surface area contributed by atoms with Gasteiger partial charge in [-0.3, -0.25) is 4.79 Å². The van der Waals surface area contributed by atoms with E-state index in [0.29, 0.717) is 5.76 Å². The van der Waals surface area contributed by atoms with E-state index in [4.69, 9.17) is 10.2 Å². The molecule has 2 N–H and O–H groups in total. The second-order valence-corrected chi connectivity index (χ2v) is 2.06. The molecule has 0 radical (unpaired) electrons. The van der Waals surface area contributed by atoms with Crippen LogP contribution in [0, 0.1) is 6.92 Å². The molecule has 0 spiro atoms. The summed E-state index contributed by atoms with van der Waals surface area (Å²) in [6.07, 6.45) is 1.48. The van der Waals surface area contributed by atoms with Crippen molar-refractivity contribution in [1.29, 1.82) is 0 Å². The number of aryl methyl sites for hydroxylation is 1. The minimum Gasteiger partial charge on any atom is -0.461 e. The molecule has 0 bridgehead atoms. The lowest BCUT2D eigenvalue weighted by molar-refractivity contribution is 0.0974. The quantitative estimate of drug-likeness (QED) is 0.614. The fourth-order valence-electron chi connectivity index (χ4n) is 0.751. The second kappa shape index (κ2) is 2.66. The Balaban J connectivity index is 2.93. The number of ketones is 1. The first kappa shape index (κ1) is 7.02. The number of hydrogen-bond donors (Lipinski definition) is 1. The van der Waals surface area contributed by atoms with Crippen molar-refractivity contribution in [1.82, 2.24) is 0 Å². The highest BCUT2D eigenvalue weighted by Crippen LogP contribution is 2.08. The first-order valence-electron chi connectivity index (χ1n) is 3.03. The Bertz CT molecular complexity index is 240. The topological polar surface area (TPSA) is 56.2 Å². The molecule has 0 atom stereocenters. The number of hydrogen-bond acceptors (Lipinski definition) is 3. The molecule has 1 rings (SSSR count). The first-order valence-corrected chi connectivity index (χ1v) is 3.03. The standard InChI is InChI=1S/C7H9NO2/c1-5-2-3-10-7(5)6(9)4-8/h2-3H,4,8H2,1H3. The highest BCUT2D eigenvalue weighted by Gasteiger charge is 2.08. The molecule has 0 aliphatic carbocycles. The Kier molecular flexibility index (Phi) is 1.87. The number of rotatable bonds is 2. The van der Waals surface area contributed by atoms with Gasteiger partial charge in [-0.15, -0.1) is 0 Å². The average molecular weight is 139 g/mol. The normalized spacial score (nSPS) is 9.80. The van der Waals surface area contributed by atoms with E-state index in [0.717, 1.165) is 5.56 Å². The largest absolute Gasteiger partial charge is 0.461 e. The van der Waals surface area contributed by atoms with Crippen LogP contribution in [-0.4, -0.2) is 12.3 Å². The van der Waals surface area contributed by atoms with Gasteiger partial charge < -0.3 is 10.2 Å². The summed E-state index contributed by atoms with van der Waals surface area (Å²) in [7, 11) is 0. The number of carbonyl (C=O) groups is 1. The van der Waals surface area contributed by atoms with Crippen molar-refractivity contribution in [3.05, 3.63) is 23.7 Å². The van der Waals surface area contributed by atoms with E-state index in [2.05, 4.69) is 0 Å². The van der Waals surface area contributed by atoms with Crippen LogP contribution in [0.25, 0.3) is 0 Å². The zero-order valence-corrected chi connectivity index (χ0v) is 5.76. The van der Waals surface area contributed by atoms with Gasteiger partial charge in [-0.05, 0) is 18.6 Å². The molecule has 54 valence electrons. The molecule has 0 saturated heterocycles. The monoisotopic (exact) mass is 139 g/mol. The molecule has 0 unspecified atom stereocenters. The van der Waals surface area contributed by atoms with Crippen LogP contribution in [-0.2, 0) is 0 Å². The van der Waals surface area contributed by atoms with Gasteiger partial charge in [0.2, 0.25) is 5.78 Å². The molecule has 0 saturated carbocycles. The lowest BCUT2D eigenvalue weighted by Crippen LogP contribution is -2.13. The zero-order chi connectivity index (χ0) is 7.56. The SMILES string of the molecule is Cc1ccoc1C(=O)CN.